The average Bonchev–Trinajstić information content (AvgIpc) is 2.44. The second kappa shape index (κ2) is 9.04. The van der Waals surface area contributed by atoms with E-state index >= 15 is 0 Å². The Labute approximate surface area is 132 Å². The zero-order valence-corrected chi connectivity index (χ0v) is 14.9. The fourth-order valence-corrected chi connectivity index (χ4v) is 3.31. The van der Waals surface area contributed by atoms with Crippen molar-refractivity contribution < 1.29 is 14.8 Å². The van der Waals surface area contributed by atoms with Crippen LogP contribution in [0.2, 0.25) is 0 Å². The van der Waals surface area contributed by atoms with Gasteiger partial charge in [0.2, 0.25) is 0 Å². The molecule has 0 aliphatic carbocycles. The minimum absolute atomic E-state index is 0.0824. The standard InChI is InChI=1S/C16H30BrNO2/c1-4-5-6-7-8-14(17)15(19)20-16(2,3)13-9-11-18-12-10-13/h13-14,18H,4-12H2,1-3H3/p+1. The van der Waals surface area contributed by atoms with Crippen LogP contribution in [0.5, 0.6) is 0 Å². The van der Waals surface area contributed by atoms with Gasteiger partial charge in [0.1, 0.15) is 10.4 Å². The Hall–Kier alpha value is -0.0900. The number of nitrogens with two attached hydrogens (primary N) is 1. The molecule has 1 aliphatic rings. The number of quaternary nitrogens is 1. The van der Waals surface area contributed by atoms with E-state index < -0.39 is 0 Å². The fourth-order valence-electron chi connectivity index (χ4n) is 2.90. The van der Waals surface area contributed by atoms with Crippen molar-refractivity contribution in [2.24, 2.45) is 5.92 Å². The summed E-state index contributed by atoms with van der Waals surface area (Å²) in [5, 5.41) is 2.34. The number of piperidine rings is 1. The molecule has 0 spiro atoms. The summed E-state index contributed by atoms with van der Waals surface area (Å²) in [7, 11) is 0. The zero-order chi connectivity index (χ0) is 15.0. The first-order chi connectivity index (χ1) is 9.47. The number of hydrogen-bond acceptors (Lipinski definition) is 2. The first-order valence-corrected chi connectivity index (χ1v) is 9.07. The van der Waals surface area contributed by atoms with E-state index in [1.807, 2.05) is 0 Å². The van der Waals surface area contributed by atoms with Gasteiger partial charge < -0.3 is 10.1 Å². The fraction of sp³-hybridized carbons (Fsp3) is 0.938. The largest absolute Gasteiger partial charge is 0.459 e. The van der Waals surface area contributed by atoms with E-state index in [-0.39, 0.29) is 16.4 Å². The van der Waals surface area contributed by atoms with Crippen LogP contribution in [0.3, 0.4) is 0 Å². The van der Waals surface area contributed by atoms with Crippen molar-refractivity contribution in [2.75, 3.05) is 13.1 Å². The Balaban J connectivity index is 2.34. The topological polar surface area (TPSA) is 42.9 Å². The van der Waals surface area contributed by atoms with E-state index in [2.05, 4.69) is 42.0 Å². The first kappa shape index (κ1) is 18.0. The van der Waals surface area contributed by atoms with Crippen LogP contribution in [0.25, 0.3) is 0 Å². The van der Waals surface area contributed by atoms with Gasteiger partial charge in [-0.2, -0.15) is 0 Å². The Morgan fingerprint density at radius 1 is 1.30 bits per heavy atom. The predicted octanol–water partition coefficient (Wildman–Crippen LogP) is 3.02. The highest BCUT2D eigenvalue weighted by atomic mass is 79.9. The number of hydrogen-bond donors (Lipinski definition) is 1. The van der Waals surface area contributed by atoms with Crippen LogP contribution in [0.1, 0.15) is 65.7 Å². The van der Waals surface area contributed by atoms with Crippen molar-refractivity contribution in [3.05, 3.63) is 0 Å². The highest BCUT2D eigenvalue weighted by Crippen LogP contribution is 2.29. The van der Waals surface area contributed by atoms with E-state index in [0.717, 1.165) is 38.8 Å². The number of carbonyl (C=O) groups excluding carboxylic acids is 1. The molecular weight excluding hydrogens is 318 g/mol. The van der Waals surface area contributed by atoms with Gasteiger partial charge in [0.25, 0.3) is 0 Å². The molecule has 0 radical (unpaired) electrons. The van der Waals surface area contributed by atoms with Crippen molar-refractivity contribution in [3.8, 4) is 0 Å². The second-order valence-corrected chi connectivity index (χ2v) is 7.59. The zero-order valence-electron chi connectivity index (χ0n) is 13.3. The van der Waals surface area contributed by atoms with Crippen molar-refractivity contribution in [1.82, 2.24) is 0 Å². The van der Waals surface area contributed by atoms with E-state index in [9.17, 15) is 4.79 Å². The quantitative estimate of drug-likeness (QED) is 0.416. The van der Waals surface area contributed by atoms with Crippen molar-refractivity contribution >= 4 is 21.9 Å². The number of rotatable bonds is 8. The molecule has 0 saturated carbocycles. The van der Waals surface area contributed by atoms with Gasteiger partial charge in [0, 0.05) is 18.8 Å². The lowest BCUT2D eigenvalue weighted by Gasteiger charge is -2.36. The van der Waals surface area contributed by atoms with Gasteiger partial charge in [-0.1, -0.05) is 48.5 Å². The number of alkyl halides is 1. The van der Waals surface area contributed by atoms with Gasteiger partial charge in [-0.05, 0) is 20.3 Å². The molecule has 1 atom stereocenters. The summed E-state index contributed by atoms with van der Waals surface area (Å²) < 4.78 is 5.80. The Morgan fingerprint density at radius 2 is 1.95 bits per heavy atom. The molecule has 4 heteroatoms. The third kappa shape index (κ3) is 6.13. The lowest BCUT2D eigenvalue weighted by Crippen LogP contribution is -2.86. The minimum Gasteiger partial charge on any atom is -0.459 e. The molecule has 1 fully saturated rings. The van der Waals surface area contributed by atoms with Gasteiger partial charge in [-0.15, -0.1) is 0 Å². The third-order valence-electron chi connectivity index (χ3n) is 4.35. The number of halogens is 1. The predicted molar refractivity (Wildman–Crippen MR) is 86.0 cm³/mol. The number of unbranched alkanes of at least 4 members (excludes halogenated alkanes) is 3. The van der Waals surface area contributed by atoms with Gasteiger partial charge >= 0.3 is 5.97 Å². The summed E-state index contributed by atoms with van der Waals surface area (Å²) in [6.07, 6.45) is 7.94. The van der Waals surface area contributed by atoms with Crippen LogP contribution < -0.4 is 5.32 Å². The molecule has 0 aromatic rings. The Morgan fingerprint density at radius 3 is 2.55 bits per heavy atom. The first-order valence-electron chi connectivity index (χ1n) is 8.16. The molecule has 0 amide bonds. The van der Waals surface area contributed by atoms with Gasteiger partial charge in [-0.25, -0.2) is 0 Å². The van der Waals surface area contributed by atoms with Crippen molar-refractivity contribution in [1.29, 1.82) is 0 Å². The molecule has 3 nitrogen and oxygen atoms in total. The summed E-state index contributed by atoms with van der Waals surface area (Å²) in [6, 6.07) is 0. The van der Waals surface area contributed by atoms with E-state index in [1.165, 1.54) is 19.3 Å². The molecule has 1 aliphatic heterocycles. The molecule has 1 saturated heterocycles. The van der Waals surface area contributed by atoms with Crippen LogP contribution in [0, 0.1) is 5.92 Å². The van der Waals surface area contributed by atoms with E-state index in [4.69, 9.17) is 4.74 Å². The maximum absolute atomic E-state index is 12.2. The molecule has 0 bridgehead atoms. The number of carbonyl (C=O) groups is 1. The van der Waals surface area contributed by atoms with Crippen LogP contribution >= 0.6 is 15.9 Å². The minimum atomic E-state index is -0.333. The maximum atomic E-state index is 12.2. The highest BCUT2D eigenvalue weighted by Gasteiger charge is 2.36. The summed E-state index contributed by atoms with van der Waals surface area (Å²) in [5.41, 5.74) is -0.333. The molecule has 2 N–H and O–H groups in total. The summed E-state index contributed by atoms with van der Waals surface area (Å²) in [6.45, 7) is 8.64. The van der Waals surface area contributed by atoms with Crippen molar-refractivity contribution in [2.45, 2.75) is 76.1 Å². The van der Waals surface area contributed by atoms with E-state index in [0.29, 0.717) is 5.92 Å². The molecular formula is C16H31BrNO2+. The third-order valence-corrected chi connectivity index (χ3v) is 5.18. The molecule has 20 heavy (non-hydrogen) atoms. The Kier molecular flexibility index (Phi) is 8.11. The lowest BCUT2D eigenvalue weighted by molar-refractivity contribution is -0.665. The molecule has 1 unspecified atom stereocenters. The van der Waals surface area contributed by atoms with E-state index in [1.54, 1.807) is 0 Å². The smallest absolute Gasteiger partial charge is 0.320 e. The molecule has 1 heterocycles. The monoisotopic (exact) mass is 348 g/mol. The normalized spacial score (nSPS) is 18.8. The van der Waals surface area contributed by atoms with Gasteiger partial charge in [0.05, 0.1) is 13.1 Å². The molecule has 1 rings (SSSR count). The Bertz CT molecular complexity index is 288. The SMILES string of the molecule is CCCCCCC(Br)C(=O)OC(C)(C)C1CC[NH2+]CC1. The maximum Gasteiger partial charge on any atom is 0.320 e. The summed E-state index contributed by atoms with van der Waals surface area (Å²) in [5.74, 6) is 0.414. The summed E-state index contributed by atoms with van der Waals surface area (Å²) >= 11 is 3.49. The van der Waals surface area contributed by atoms with Crippen LogP contribution in [-0.2, 0) is 9.53 Å². The van der Waals surface area contributed by atoms with Crippen LogP contribution in [0.15, 0.2) is 0 Å². The van der Waals surface area contributed by atoms with Crippen molar-refractivity contribution in [3.63, 3.8) is 0 Å². The lowest BCUT2D eigenvalue weighted by atomic mass is 9.83. The number of ether oxygens (including phenoxy) is 1. The highest BCUT2D eigenvalue weighted by molar-refractivity contribution is 9.10. The molecule has 0 aromatic heterocycles. The molecule has 118 valence electrons. The molecule has 0 aromatic carbocycles. The van der Waals surface area contributed by atoms with Gasteiger partial charge in [-0.3, -0.25) is 4.79 Å². The van der Waals surface area contributed by atoms with Crippen LogP contribution in [-0.4, -0.2) is 29.5 Å². The number of esters is 1. The second-order valence-electron chi connectivity index (χ2n) is 6.48. The van der Waals surface area contributed by atoms with Gasteiger partial charge in [0.15, 0.2) is 0 Å². The van der Waals surface area contributed by atoms with Crippen LogP contribution in [0.4, 0.5) is 0 Å². The summed E-state index contributed by atoms with van der Waals surface area (Å²) in [4.78, 5) is 12.0. The average molecular weight is 349 g/mol.